The number of methoxy groups -OCH3 is 1. The Labute approximate surface area is 104 Å². The monoisotopic (exact) mass is 322 g/mol. The molecule has 1 rings (SSSR count). The Balaban J connectivity index is 3.01. The van der Waals surface area contributed by atoms with Crippen LogP contribution in [0, 0.1) is 3.57 Å². The normalized spacial score (nSPS) is 10.1. The minimum absolute atomic E-state index is 0.0143. The van der Waals surface area contributed by atoms with Crippen molar-refractivity contribution in [2.45, 2.75) is 20.0 Å². The Morgan fingerprint density at radius 1 is 1.40 bits per heavy atom. The van der Waals surface area contributed by atoms with Crippen LogP contribution in [0.4, 0.5) is 0 Å². The Bertz CT molecular complexity index is 326. The number of benzene rings is 1. The molecule has 0 saturated heterocycles. The van der Waals surface area contributed by atoms with Crippen LogP contribution in [-0.2, 0) is 6.61 Å². The lowest BCUT2D eigenvalue weighted by molar-refractivity contribution is 0.276. The van der Waals surface area contributed by atoms with E-state index in [1.165, 1.54) is 0 Å². The molecule has 0 atom stereocenters. The maximum absolute atomic E-state index is 9.05. The van der Waals surface area contributed by atoms with Gasteiger partial charge in [-0.05, 0) is 46.7 Å². The van der Waals surface area contributed by atoms with E-state index in [-0.39, 0.29) is 6.61 Å². The Kier molecular flexibility index (Phi) is 5.17. The Morgan fingerprint density at radius 3 is 2.67 bits per heavy atom. The summed E-state index contributed by atoms with van der Waals surface area (Å²) >= 11 is 2.18. The first-order valence-corrected chi connectivity index (χ1v) is 5.90. The largest absolute Gasteiger partial charge is 0.493 e. The number of rotatable bonds is 5. The van der Waals surface area contributed by atoms with Gasteiger partial charge in [-0.3, -0.25) is 0 Å². The minimum Gasteiger partial charge on any atom is -0.493 e. The van der Waals surface area contributed by atoms with Gasteiger partial charge in [0.25, 0.3) is 0 Å². The highest BCUT2D eigenvalue weighted by atomic mass is 127. The van der Waals surface area contributed by atoms with E-state index < -0.39 is 0 Å². The summed E-state index contributed by atoms with van der Waals surface area (Å²) in [6.45, 7) is 2.74. The van der Waals surface area contributed by atoms with Crippen LogP contribution in [0.2, 0.25) is 0 Å². The van der Waals surface area contributed by atoms with E-state index >= 15 is 0 Å². The van der Waals surface area contributed by atoms with Crippen LogP contribution in [0.3, 0.4) is 0 Å². The second-order valence-corrected chi connectivity index (χ2v) is 4.28. The standard InChI is InChI=1S/C11H15IO3/c1-3-4-15-11-9(12)5-8(7-13)6-10(11)14-2/h5-6,13H,3-4,7H2,1-2H3. The lowest BCUT2D eigenvalue weighted by Gasteiger charge is -2.13. The molecule has 0 radical (unpaired) electrons. The predicted molar refractivity (Wildman–Crippen MR) is 67.4 cm³/mol. The van der Waals surface area contributed by atoms with Crippen molar-refractivity contribution in [3.05, 3.63) is 21.3 Å². The van der Waals surface area contributed by atoms with Gasteiger partial charge >= 0.3 is 0 Å². The van der Waals surface area contributed by atoms with Crippen LogP contribution in [0.5, 0.6) is 11.5 Å². The van der Waals surface area contributed by atoms with E-state index in [4.69, 9.17) is 14.6 Å². The first-order chi connectivity index (χ1) is 7.22. The summed E-state index contributed by atoms with van der Waals surface area (Å²) in [5.74, 6) is 1.44. The second kappa shape index (κ2) is 6.17. The summed E-state index contributed by atoms with van der Waals surface area (Å²) in [6, 6.07) is 3.70. The number of ether oxygens (including phenoxy) is 2. The maximum atomic E-state index is 9.05. The summed E-state index contributed by atoms with van der Waals surface area (Å²) in [6.07, 6.45) is 0.959. The molecule has 0 fully saturated rings. The van der Waals surface area contributed by atoms with Crippen molar-refractivity contribution in [1.29, 1.82) is 0 Å². The third-order valence-electron chi connectivity index (χ3n) is 1.92. The summed E-state index contributed by atoms with van der Waals surface area (Å²) in [5.41, 5.74) is 0.833. The van der Waals surface area contributed by atoms with Crippen molar-refractivity contribution < 1.29 is 14.6 Å². The van der Waals surface area contributed by atoms with Crippen LogP contribution in [0.1, 0.15) is 18.9 Å². The summed E-state index contributed by atoms with van der Waals surface area (Å²) in [4.78, 5) is 0. The molecule has 3 nitrogen and oxygen atoms in total. The third kappa shape index (κ3) is 3.24. The van der Waals surface area contributed by atoms with Gasteiger partial charge in [-0.25, -0.2) is 0 Å². The van der Waals surface area contributed by atoms with Crippen molar-refractivity contribution in [3.63, 3.8) is 0 Å². The number of aliphatic hydroxyl groups is 1. The first-order valence-electron chi connectivity index (χ1n) is 4.83. The average molecular weight is 322 g/mol. The molecular weight excluding hydrogens is 307 g/mol. The molecule has 1 N–H and O–H groups in total. The first kappa shape index (κ1) is 12.6. The van der Waals surface area contributed by atoms with Gasteiger partial charge in [0.05, 0.1) is 23.9 Å². The number of halogens is 1. The van der Waals surface area contributed by atoms with E-state index in [9.17, 15) is 0 Å². The molecule has 0 aliphatic rings. The van der Waals surface area contributed by atoms with Gasteiger partial charge in [-0.1, -0.05) is 6.92 Å². The Morgan fingerprint density at radius 2 is 2.13 bits per heavy atom. The quantitative estimate of drug-likeness (QED) is 0.847. The fourth-order valence-corrected chi connectivity index (χ4v) is 2.03. The van der Waals surface area contributed by atoms with Crippen molar-refractivity contribution in [2.24, 2.45) is 0 Å². The Hall–Kier alpha value is -0.490. The summed E-state index contributed by atoms with van der Waals surface area (Å²) in [7, 11) is 1.60. The fourth-order valence-electron chi connectivity index (χ4n) is 1.21. The smallest absolute Gasteiger partial charge is 0.174 e. The minimum atomic E-state index is 0.0143. The molecule has 15 heavy (non-hydrogen) atoms. The molecule has 0 amide bonds. The highest BCUT2D eigenvalue weighted by molar-refractivity contribution is 14.1. The van der Waals surface area contributed by atoms with E-state index in [1.807, 2.05) is 6.07 Å². The molecule has 0 heterocycles. The number of aliphatic hydroxyl groups excluding tert-OH is 1. The third-order valence-corrected chi connectivity index (χ3v) is 2.72. The zero-order valence-corrected chi connectivity index (χ0v) is 11.1. The molecule has 0 bridgehead atoms. The second-order valence-electron chi connectivity index (χ2n) is 3.12. The molecule has 1 aromatic carbocycles. The van der Waals surface area contributed by atoms with Gasteiger partial charge in [0, 0.05) is 0 Å². The molecule has 0 spiro atoms. The molecule has 0 aliphatic carbocycles. The van der Waals surface area contributed by atoms with Crippen LogP contribution in [-0.4, -0.2) is 18.8 Å². The van der Waals surface area contributed by atoms with Gasteiger partial charge in [0.15, 0.2) is 11.5 Å². The summed E-state index contributed by atoms with van der Waals surface area (Å²) in [5, 5.41) is 9.05. The zero-order chi connectivity index (χ0) is 11.3. The topological polar surface area (TPSA) is 38.7 Å². The lowest BCUT2D eigenvalue weighted by atomic mass is 10.2. The maximum Gasteiger partial charge on any atom is 0.174 e. The molecule has 84 valence electrons. The molecule has 1 aromatic rings. The van der Waals surface area contributed by atoms with E-state index in [0.29, 0.717) is 12.4 Å². The lowest BCUT2D eigenvalue weighted by Crippen LogP contribution is -2.01. The van der Waals surface area contributed by atoms with Crippen molar-refractivity contribution >= 4 is 22.6 Å². The molecule has 0 aromatic heterocycles. The van der Waals surface area contributed by atoms with Gasteiger partial charge in [0.1, 0.15) is 0 Å². The highest BCUT2D eigenvalue weighted by Gasteiger charge is 2.10. The number of hydrogen-bond acceptors (Lipinski definition) is 3. The van der Waals surface area contributed by atoms with Gasteiger partial charge in [-0.2, -0.15) is 0 Å². The van der Waals surface area contributed by atoms with Gasteiger partial charge in [-0.15, -0.1) is 0 Å². The van der Waals surface area contributed by atoms with Gasteiger partial charge in [0.2, 0.25) is 0 Å². The summed E-state index contributed by atoms with van der Waals surface area (Å²) < 4.78 is 11.8. The molecular formula is C11H15IO3. The molecule has 0 saturated carbocycles. The predicted octanol–water partition coefficient (Wildman–Crippen LogP) is 2.58. The molecule has 4 heteroatoms. The van der Waals surface area contributed by atoms with Crippen LogP contribution >= 0.6 is 22.6 Å². The van der Waals surface area contributed by atoms with Crippen molar-refractivity contribution in [1.82, 2.24) is 0 Å². The van der Waals surface area contributed by atoms with E-state index in [2.05, 4.69) is 29.5 Å². The highest BCUT2D eigenvalue weighted by Crippen LogP contribution is 2.33. The van der Waals surface area contributed by atoms with Crippen LogP contribution < -0.4 is 9.47 Å². The van der Waals surface area contributed by atoms with Gasteiger partial charge < -0.3 is 14.6 Å². The fraction of sp³-hybridized carbons (Fsp3) is 0.455. The SMILES string of the molecule is CCCOc1c(I)cc(CO)cc1OC. The van der Waals surface area contributed by atoms with E-state index in [0.717, 1.165) is 21.3 Å². The zero-order valence-electron chi connectivity index (χ0n) is 8.92. The molecule has 0 aliphatic heterocycles. The average Bonchev–Trinajstić information content (AvgIpc) is 2.26. The molecule has 0 unspecified atom stereocenters. The van der Waals surface area contributed by atoms with Crippen molar-refractivity contribution in [2.75, 3.05) is 13.7 Å². The van der Waals surface area contributed by atoms with Crippen LogP contribution in [0.15, 0.2) is 12.1 Å². The van der Waals surface area contributed by atoms with E-state index in [1.54, 1.807) is 13.2 Å². The van der Waals surface area contributed by atoms with Crippen molar-refractivity contribution in [3.8, 4) is 11.5 Å². The number of hydrogen-bond donors (Lipinski definition) is 1. The van der Waals surface area contributed by atoms with Crippen LogP contribution in [0.25, 0.3) is 0 Å².